The van der Waals surface area contributed by atoms with Crippen molar-refractivity contribution in [2.45, 2.75) is 13.8 Å². The lowest BCUT2D eigenvalue weighted by molar-refractivity contribution is -0.111. The van der Waals surface area contributed by atoms with Gasteiger partial charge < -0.3 is 5.32 Å². The predicted octanol–water partition coefficient (Wildman–Crippen LogP) is 1.94. The highest BCUT2D eigenvalue weighted by Gasteiger charge is 1.98. The fourth-order valence-electron chi connectivity index (χ4n) is 0.894. The van der Waals surface area contributed by atoms with Gasteiger partial charge in [-0.15, -0.1) is 0 Å². The van der Waals surface area contributed by atoms with Crippen LogP contribution in [0.2, 0.25) is 0 Å². The molecule has 0 atom stereocenters. The lowest BCUT2D eigenvalue weighted by atomic mass is 10.3. The Labute approximate surface area is 99.7 Å². The molecule has 0 saturated carbocycles. The monoisotopic (exact) mass is 235 g/mol. The quantitative estimate of drug-likeness (QED) is 0.477. The summed E-state index contributed by atoms with van der Waals surface area (Å²) in [6.45, 7) is 3.08. The summed E-state index contributed by atoms with van der Waals surface area (Å²) in [6, 6.07) is 9.48. The van der Waals surface area contributed by atoms with E-state index in [0.29, 0.717) is 10.8 Å². The van der Waals surface area contributed by atoms with Gasteiger partial charge in [-0.05, 0) is 31.3 Å². The van der Waals surface area contributed by atoms with Crippen molar-refractivity contribution in [2.24, 2.45) is 5.10 Å². The topological polar surface area (TPSA) is 53.5 Å². The van der Waals surface area contributed by atoms with Gasteiger partial charge in [0.25, 0.3) is 0 Å². The standard InChI is InChI=1S/C11H13N3OS/c1-8(9(2)15)13-14-11(16)12-10-6-4-3-5-7-10/h3-7H,1-2H3,(H2,12,14,16)/b13-8-. The van der Waals surface area contributed by atoms with Gasteiger partial charge in [0.05, 0.1) is 0 Å². The smallest absolute Gasteiger partial charge is 0.191 e. The van der Waals surface area contributed by atoms with E-state index in [0.717, 1.165) is 5.69 Å². The molecule has 0 aliphatic heterocycles. The number of nitrogens with one attached hydrogen (secondary N) is 2. The van der Waals surface area contributed by atoms with Crippen LogP contribution in [0.4, 0.5) is 5.69 Å². The number of benzene rings is 1. The molecule has 0 aromatic heterocycles. The van der Waals surface area contributed by atoms with Crippen molar-refractivity contribution < 1.29 is 4.79 Å². The zero-order valence-corrected chi connectivity index (χ0v) is 9.97. The van der Waals surface area contributed by atoms with E-state index >= 15 is 0 Å². The number of Topliss-reactive ketones (excluding diaryl/α,β-unsaturated/α-hetero) is 1. The number of thiocarbonyl (C=S) groups is 1. The Morgan fingerprint density at radius 3 is 2.44 bits per heavy atom. The summed E-state index contributed by atoms with van der Waals surface area (Å²) in [6.07, 6.45) is 0. The highest BCUT2D eigenvalue weighted by atomic mass is 32.1. The van der Waals surface area contributed by atoms with Crippen molar-refractivity contribution in [1.82, 2.24) is 5.43 Å². The second-order valence-electron chi connectivity index (χ2n) is 3.19. The summed E-state index contributed by atoms with van der Waals surface area (Å²) in [4.78, 5) is 10.9. The second kappa shape index (κ2) is 5.97. The molecule has 1 rings (SSSR count). The molecule has 0 aliphatic rings. The molecule has 0 aliphatic carbocycles. The summed E-state index contributed by atoms with van der Waals surface area (Å²) < 4.78 is 0. The molecule has 0 saturated heterocycles. The average molecular weight is 235 g/mol. The number of anilines is 1. The predicted molar refractivity (Wildman–Crippen MR) is 69.6 cm³/mol. The first-order valence-electron chi connectivity index (χ1n) is 4.77. The summed E-state index contributed by atoms with van der Waals surface area (Å²) in [5, 5.41) is 7.12. The number of ketones is 1. The average Bonchev–Trinajstić information content (AvgIpc) is 2.27. The summed E-state index contributed by atoms with van der Waals surface area (Å²) in [5.41, 5.74) is 3.86. The van der Waals surface area contributed by atoms with Gasteiger partial charge in [-0.2, -0.15) is 5.10 Å². The van der Waals surface area contributed by atoms with E-state index in [1.54, 1.807) is 6.92 Å². The van der Waals surface area contributed by atoms with E-state index < -0.39 is 0 Å². The molecule has 84 valence electrons. The van der Waals surface area contributed by atoms with E-state index in [1.165, 1.54) is 6.92 Å². The molecule has 4 nitrogen and oxygen atoms in total. The highest BCUT2D eigenvalue weighted by molar-refractivity contribution is 7.80. The molecule has 16 heavy (non-hydrogen) atoms. The molecule has 0 spiro atoms. The minimum atomic E-state index is -0.0880. The van der Waals surface area contributed by atoms with Crippen LogP contribution in [-0.2, 0) is 4.79 Å². The fourth-order valence-corrected chi connectivity index (χ4v) is 1.06. The van der Waals surface area contributed by atoms with Crippen molar-refractivity contribution in [2.75, 3.05) is 5.32 Å². The minimum absolute atomic E-state index is 0.0880. The van der Waals surface area contributed by atoms with Crippen molar-refractivity contribution in [3.8, 4) is 0 Å². The van der Waals surface area contributed by atoms with Crippen LogP contribution in [0.15, 0.2) is 35.4 Å². The largest absolute Gasteiger partial charge is 0.331 e. The van der Waals surface area contributed by atoms with Crippen molar-refractivity contribution in [1.29, 1.82) is 0 Å². The zero-order chi connectivity index (χ0) is 12.0. The number of para-hydroxylation sites is 1. The number of hydrogen-bond donors (Lipinski definition) is 2. The number of hydrazone groups is 1. The third-order valence-corrected chi connectivity index (χ3v) is 2.06. The van der Waals surface area contributed by atoms with Gasteiger partial charge in [0.2, 0.25) is 0 Å². The molecule has 1 aromatic rings. The number of hydrogen-bond acceptors (Lipinski definition) is 3. The Balaban J connectivity index is 2.49. The van der Waals surface area contributed by atoms with Gasteiger partial charge in [0, 0.05) is 12.6 Å². The maximum atomic E-state index is 10.9. The second-order valence-corrected chi connectivity index (χ2v) is 3.59. The van der Waals surface area contributed by atoms with Crippen LogP contribution >= 0.6 is 12.2 Å². The van der Waals surface area contributed by atoms with E-state index in [9.17, 15) is 4.79 Å². The number of nitrogens with zero attached hydrogens (tertiary/aromatic N) is 1. The van der Waals surface area contributed by atoms with Crippen LogP contribution in [0.3, 0.4) is 0 Å². The van der Waals surface area contributed by atoms with Crippen molar-refractivity contribution in [3.05, 3.63) is 30.3 Å². The lowest BCUT2D eigenvalue weighted by Gasteiger charge is -2.06. The number of rotatable bonds is 3. The van der Waals surface area contributed by atoms with Gasteiger partial charge >= 0.3 is 0 Å². The SMILES string of the molecule is CC(=O)/C(C)=N\NC(=S)Nc1ccccc1. The van der Waals surface area contributed by atoms with Crippen LogP contribution in [0.25, 0.3) is 0 Å². The Kier molecular flexibility index (Phi) is 4.60. The molecule has 1 aromatic carbocycles. The van der Waals surface area contributed by atoms with Crippen molar-refractivity contribution >= 4 is 34.5 Å². The van der Waals surface area contributed by atoms with E-state index in [4.69, 9.17) is 12.2 Å². The summed E-state index contributed by atoms with van der Waals surface area (Å²) in [7, 11) is 0. The van der Waals surface area contributed by atoms with Crippen LogP contribution in [0, 0.1) is 0 Å². The van der Waals surface area contributed by atoms with Gasteiger partial charge in [0.15, 0.2) is 10.9 Å². The summed E-state index contributed by atoms with van der Waals surface area (Å²) >= 11 is 5.00. The number of carbonyl (C=O) groups excluding carboxylic acids is 1. The molecule has 0 fully saturated rings. The third-order valence-electron chi connectivity index (χ3n) is 1.87. The molecular formula is C11H13N3OS. The Bertz CT molecular complexity index is 414. The van der Waals surface area contributed by atoms with Gasteiger partial charge in [-0.3, -0.25) is 10.2 Å². The lowest BCUT2D eigenvalue weighted by Crippen LogP contribution is -2.25. The van der Waals surface area contributed by atoms with Gasteiger partial charge in [0.1, 0.15) is 5.71 Å². The molecule has 0 unspecified atom stereocenters. The molecule has 0 heterocycles. The van der Waals surface area contributed by atoms with Crippen LogP contribution in [0.1, 0.15) is 13.8 Å². The minimum Gasteiger partial charge on any atom is -0.331 e. The highest BCUT2D eigenvalue weighted by Crippen LogP contribution is 2.04. The number of carbonyl (C=O) groups is 1. The molecule has 0 amide bonds. The van der Waals surface area contributed by atoms with Gasteiger partial charge in [-0.25, -0.2) is 0 Å². The first kappa shape index (κ1) is 12.3. The van der Waals surface area contributed by atoms with Crippen LogP contribution in [0.5, 0.6) is 0 Å². The van der Waals surface area contributed by atoms with Gasteiger partial charge in [-0.1, -0.05) is 18.2 Å². The zero-order valence-electron chi connectivity index (χ0n) is 9.15. The molecule has 0 bridgehead atoms. The van der Waals surface area contributed by atoms with Crippen molar-refractivity contribution in [3.63, 3.8) is 0 Å². The van der Waals surface area contributed by atoms with Crippen LogP contribution < -0.4 is 10.7 Å². The molecule has 5 heteroatoms. The normalized spacial score (nSPS) is 10.8. The van der Waals surface area contributed by atoms with E-state index in [2.05, 4.69) is 15.8 Å². The molecule has 2 N–H and O–H groups in total. The first-order chi connectivity index (χ1) is 7.59. The fraction of sp³-hybridized carbons (Fsp3) is 0.182. The Hall–Kier alpha value is -1.75. The van der Waals surface area contributed by atoms with Crippen LogP contribution in [-0.4, -0.2) is 16.6 Å². The summed E-state index contributed by atoms with van der Waals surface area (Å²) in [5.74, 6) is -0.0880. The third kappa shape index (κ3) is 4.18. The van der Waals surface area contributed by atoms with E-state index in [1.807, 2.05) is 30.3 Å². The Morgan fingerprint density at radius 2 is 1.88 bits per heavy atom. The first-order valence-corrected chi connectivity index (χ1v) is 5.17. The van der Waals surface area contributed by atoms with E-state index in [-0.39, 0.29) is 5.78 Å². The molecule has 0 radical (unpaired) electrons. The molecular weight excluding hydrogens is 222 g/mol. The maximum Gasteiger partial charge on any atom is 0.191 e. The maximum absolute atomic E-state index is 10.9. The Morgan fingerprint density at radius 1 is 1.25 bits per heavy atom.